The summed E-state index contributed by atoms with van der Waals surface area (Å²) in [5, 5.41) is 8.33. The maximum atomic E-state index is 12.6. The van der Waals surface area contributed by atoms with Crippen LogP contribution in [0.25, 0.3) is 15.3 Å². The summed E-state index contributed by atoms with van der Waals surface area (Å²) in [7, 11) is 0. The predicted molar refractivity (Wildman–Crippen MR) is 134 cm³/mol. The summed E-state index contributed by atoms with van der Waals surface area (Å²) in [6.07, 6.45) is 2.22. The molecule has 1 aliphatic heterocycles. The van der Waals surface area contributed by atoms with Crippen molar-refractivity contribution in [2.45, 2.75) is 25.9 Å². The van der Waals surface area contributed by atoms with E-state index in [1.165, 1.54) is 5.56 Å². The number of nitrogens with zero attached hydrogens (tertiary/aromatic N) is 3. The quantitative estimate of drug-likeness (QED) is 0.353. The van der Waals surface area contributed by atoms with Gasteiger partial charge >= 0.3 is 0 Å². The van der Waals surface area contributed by atoms with E-state index in [1.54, 1.807) is 16.0 Å². The summed E-state index contributed by atoms with van der Waals surface area (Å²) in [4.78, 5) is 17.3. The van der Waals surface area contributed by atoms with Crippen LogP contribution in [0.1, 0.15) is 34.6 Å². The first-order valence-corrected chi connectivity index (χ1v) is 12.0. The van der Waals surface area contributed by atoms with Gasteiger partial charge in [-0.15, -0.1) is 0 Å². The van der Waals surface area contributed by atoms with Gasteiger partial charge < -0.3 is 10.1 Å². The molecule has 0 fully saturated rings. The number of anilines is 1. The van der Waals surface area contributed by atoms with Gasteiger partial charge in [-0.3, -0.25) is 4.79 Å². The number of thiazole rings is 1. The van der Waals surface area contributed by atoms with Crippen molar-refractivity contribution < 1.29 is 9.53 Å². The van der Waals surface area contributed by atoms with Crippen molar-refractivity contribution in [1.29, 1.82) is 0 Å². The van der Waals surface area contributed by atoms with Gasteiger partial charge in [-0.05, 0) is 42.3 Å². The third-order valence-electron chi connectivity index (χ3n) is 6.09. The van der Waals surface area contributed by atoms with Gasteiger partial charge in [-0.25, -0.2) is 4.98 Å². The second-order valence-corrected chi connectivity index (χ2v) is 9.48. The van der Waals surface area contributed by atoms with E-state index >= 15 is 0 Å². The van der Waals surface area contributed by atoms with Gasteiger partial charge in [0, 0.05) is 17.9 Å². The van der Waals surface area contributed by atoms with Gasteiger partial charge in [0.05, 0.1) is 16.4 Å². The lowest BCUT2D eigenvalue weighted by Gasteiger charge is -2.23. The van der Waals surface area contributed by atoms with Crippen molar-refractivity contribution in [2.24, 2.45) is 0 Å². The number of carbonyl (C=O) groups excluding carboxylic acids is 1. The number of aromatic nitrogens is 3. The Hall–Kier alpha value is -3.97. The highest BCUT2D eigenvalue weighted by Crippen LogP contribution is 2.39. The zero-order valence-electron chi connectivity index (χ0n) is 18.6. The number of nitrogens with one attached hydrogen (secondary N) is 1. The van der Waals surface area contributed by atoms with E-state index in [2.05, 4.69) is 41.6 Å². The fourth-order valence-electron chi connectivity index (χ4n) is 4.26. The number of hydrogen-bond acceptors (Lipinski definition) is 5. The van der Waals surface area contributed by atoms with Gasteiger partial charge in [0.15, 0.2) is 0 Å². The SMILES string of the molecule is Cc1ccc(COc2ccc(C3CC(=O)Nc4c3cnn4-c3nc4ccccc4s3)cc2)cc1. The Bertz CT molecular complexity index is 1450. The Morgan fingerprint density at radius 2 is 1.85 bits per heavy atom. The number of para-hydroxylation sites is 1. The number of carbonyl (C=O) groups is 1. The number of rotatable bonds is 5. The first-order valence-electron chi connectivity index (χ1n) is 11.2. The van der Waals surface area contributed by atoms with Crippen molar-refractivity contribution >= 4 is 33.3 Å². The van der Waals surface area contributed by atoms with Crippen LogP contribution in [0.5, 0.6) is 5.75 Å². The van der Waals surface area contributed by atoms with Crippen LogP contribution in [0.2, 0.25) is 0 Å². The molecule has 34 heavy (non-hydrogen) atoms. The molecule has 3 aromatic carbocycles. The van der Waals surface area contributed by atoms with E-state index in [0.29, 0.717) is 18.8 Å². The molecule has 1 amide bonds. The molecule has 1 atom stereocenters. The molecule has 1 unspecified atom stereocenters. The van der Waals surface area contributed by atoms with Crippen molar-refractivity contribution in [1.82, 2.24) is 14.8 Å². The van der Waals surface area contributed by atoms with E-state index in [1.807, 2.05) is 54.7 Å². The second kappa shape index (κ2) is 8.43. The van der Waals surface area contributed by atoms with E-state index in [0.717, 1.165) is 37.8 Å². The van der Waals surface area contributed by atoms with Crippen LogP contribution >= 0.6 is 11.3 Å². The van der Waals surface area contributed by atoms with Gasteiger partial charge in [0.1, 0.15) is 18.2 Å². The number of fused-ring (bicyclic) bond motifs is 2. The first kappa shape index (κ1) is 20.6. The second-order valence-electron chi connectivity index (χ2n) is 8.47. The number of aryl methyl sites for hydroxylation is 1. The first-order chi connectivity index (χ1) is 16.6. The molecular weight excluding hydrogens is 444 g/mol. The molecule has 2 aromatic heterocycles. The average molecular weight is 467 g/mol. The molecule has 0 saturated heterocycles. The van der Waals surface area contributed by atoms with Crippen LogP contribution < -0.4 is 10.1 Å². The molecule has 1 N–H and O–H groups in total. The summed E-state index contributed by atoms with van der Waals surface area (Å²) >= 11 is 1.55. The average Bonchev–Trinajstić information content (AvgIpc) is 3.47. The molecule has 7 heteroatoms. The third kappa shape index (κ3) is 3.84. The van der Waals surface area contributed by atoms with Gasteiger partial charge in [-0.1, -0.05) is 65.4 Å². The lowest BCUT2D eigenvalue weighted by molar-refractivity contribution is -0.116. The zero-order chi connectivity index (χ0) is 23.1. The van der Waals surface area contributed by atoms with Gasteiger partial charge in [-0.2, -0.15) is 9.78 Å². The van der Waals surface area contributed by atoms with Crippen molar-refractivity contribution in [3.05, 3.63) is 101 Å². The van der Waals surface area contributed by atoms with Crippen LogP contribution in [0.15, 0.2) is 79.0 Å². The third-order valence-corrected chi connectivity index (χ3v) is 7.10. The molecule has 0 saturated carbocycles. The topological polar surface area (TPSA) is 69.0 Å². The highest BCUT2D eigenvalue weighted by atomic mass is 32.1. The molecule has 5 aromatic rings. The molecule has 0 bridgehead atoms. The highest BCUT2D eigenvalue weighted by Gasteiger charge is 2.31. The fourth-order valence-corrected chi connectivity index (χ4v) is 5.19. The lowest BCUT2D eigenvalue weighted by Crippen LogP contribution is -2.24. The molecule has 6 rings (SSSR count). The van der Waals surface area contributed by atoms with Crippen LogP contribution in [0, 0.1) is 6.92 Å². The Balaban J connectivity index is 1.25. The lowest BCUT2D eigenvalue weighted by atomic mass is 9.87. The standard InChI is InChI=1S/C27H22N4O2S/c1-17-6-8-18(9-7-17)16-33-20-12-10-19(11-13-20)21-14-25(32)30-26-22(21)15-28-31(26)27-29-23-4-2-3-5-24(23)34-27/h2-13,15,21H,14,16H2,1H3,(H,30,32). The van der Waals surface area contributed by atoms with E-state index in [9.17, 15) is 4.79 Å². The molecule has 1 aliphatic rings. The Morgan fingerprint density at radius 1 is 1.06 bits per heavy atom. The van der Waals surface area contributed by atoms with Gasteiger partial charge in [0.2, 0.25) is 11.0 Å². The summed E-state index contributed by atoms with van der Waals surface area (Å²) in [5.74, 6) is 1.40. The molecular formula is C27H22N4O2S. The summed E-state index contributed by atoms with van der Waals surface area (Å²) in [6.45, 7) is 2.59. The maximum absolute atomic E-state index is 12.6. The number of amides is 1. The monoisotopic (exact) mass is 466 g/mol. The molecule has 0 aliphatic carbocycles. The van der Waals surface area contributed by atoms with Crippen LogP contribution in [-0.4, -0.2) is 20.7 Å². The largest absolute Gasteiger partial charge is 0.489 e. The minimum absolute atomic E-state index is 0.0277. The number of benzene rings is 3. The minimum Gasteiger partial charge on any atom is -0.489 e. The van der Waals surface area contributed by atoms with E-state index in [4.69, 9.17) is 9.72 Å². The van der Waals surface area contributed by atoms with Gasteiger partial charge in [0.25, 0.3) is 0 Å². The van der Waals surface area contributed by atoms with Crippen LogP contribution in [0.3, 0.4) is 0 Å². The normalized spacial score (nSPS) is 15.2. The van der Waals surface area contributed by atoms with Crippen LogP contribution in [-0.2, 0) is 11.4 Å². The van der Waals surface area contributed by atoms with E-state index < -0.39 is 0 Å². The smallest absolute Gasteiger partial charge is 0.226 e. The van der Waals surface area contributed by atoms with E-state index in [-0.39, 0.29) is 11.8 Å². The molecule has 3 heterocycles. The molecule has 0 spiro atoms. The molecule has 6 nitrogen and oxygen atoms in total. The Kier molecular flexibility index (Phi) is 5.11. The van der Waals surface area contributed by atoms with Crippen molar-refractivity contribution in [2.75, 3.05) is 5.32 Å². The van der Waals surface area contributed by atoms with Crippen molar-refractivity contribution in [3.63, 3.8) is 0 Å². The zero-order valence-corrected chi connectivity index (χ0v) is 19.4. The number of hydrogen-bond donors (Lipinski definition) is 1. The number of ether oxygens (including phenoxy) is 1. The fraction of sp³-hybridized carbons (Fsp3) is 0.148. The summed E-state index contributed by atoms with van der Waals surface area (Å²) < 4.78 is 8.78. The highest BCUT2D eigenvalue weighted by molar-refractivity contribution is 7.20. The maximum Gasteiger partial charge on any atom is 0.226 e. The summed E-state index contributed by atoms with van der Waals surface area (Å²) in [6, 6.07) is 24.3. The predicted octanol–water partition coefficient (Wildman–Crippen LogP) is 5.84. The molecule has 0 radical (unpaired) electrons. The van der Waals surface area contributed by atoms with Crippen molar-refractivity contribution in [3.8, 4) is 10.9 Å². The molecule has 168 valence electrons. The Labute approximate surface area is 200 Å². The van der Waals surface area contributed by atoms with Crippen LogP contribution in [0.4, 0.5) is 5.82 Å². The minimum atomic E-state index is -0.0713. The Morgan fingerprint density at radius 3 is 2.65 bits per heavy atom. The summed E-state index contributed by atoms with van der Waals surface area (Å²) in [5.41, 5.74) is 5.34.